The van der Waals surface area contributed by atoms with Crippen molar-refractivity contribution in [2.75, 3.05) is 48.8 Å². The number of hydrogen-bond acceptors (Lipinski definition) is 7. The molecule has 1 aromatic carbocycles. The zero-order valence-electron chi connectivity index (χ0n) is 20.5. The smallest absolute Gasteiger partial charge is 0.251 e. The van der Waals surface area contributed by atoms with Gasteiger partial charge in [-0.05, 0) is 64.6 Å². The SMILES string of the molecule is Cc1cnc(Nc2ccc(N3CCN(C)CC3)cc2)nc1NC1C=C(C(=O)NC(C)C)C=CC1. The van der Waals surface area contributed by atoms with E-state index in [4.69, 9.17) is 4.98 Å². The van der Waals surface area contributed by atoms with E-state index in [0.29, 0.717) is 11.5 Å². The fourth-order valence-corrected chi connectivity index (χ4v) is 4.05. The molecule has 2 aliphatic rings. The van der Waals surface area contributed by atoms with Crippen molar-refractivity contribution in [1.29, 1.82) is 0 Å². The molecule has 1 aromatic heterocycles. The van der Waals surface area contributed by atoms with Crippen molar-refractivity contribution in [2.45, 2.75) is 39.3 Å². The Morgan fingerprint density at radius 2 is 1.85 bits per heavy atom. The fraction of sp³-hybridized carbons (Fsp3) is 0.423. The molecule has 180 valence electrons. The van der Waals surface area contributed by atoms with Crippen LogP contribution in [0.3, 0.4) is 0 Å². The number of piperazine rings is 1. The third kappa shape index (κ3) is 6.14. The van der Waals surface area contributed by atoms with Crippen LogP contribution in [0.4, 0.5) is 23.1 Å². The maximum absolute atomic E-state index is 12.4. The van der Waals surface area contributed by atoms with Crippen LogP contribution in [0.5, 0.6) is 0 Å². The summed E-state index contributed by atoms with van der Waals surface area (Å²) in [7, 11) is 2.17. The van der Waals surface area contributed by atoms with Crippen LogP contribution in [0.2, 0.25) is 0 Å². The zero-order valence-corrected chi connectivity index (χ0v) is 20.5. The van der Waals surface area contributed by atoms with Crippen molar-refractivity contribution in [3.05, 3.63) is 59.8 Å². The van der Waals surface area contributed by atoms with Gasteiger partial charge in [0, 0.05) is 60.9 Å². The molecule has 8 heteroatoms. The molecule has 0 saturated carbocycles. The van der Waals surface area contributed by atoms with Crippen LogP contribution >= 0.6 is 0 Å². The average molecular weight is 462 g/mol. The van der Waals surface area contributed by atoms with Crippen LogP contribution in [0, 0.1) is 6.92 Å². The Hall–Kier alpha value is -3.39. The number of carbonyl (C=O) groups excluding carboxylic acids is 1. The molecule has 1 saturated heterocycles. The third-order valence-electron chi connectivity index (χ3n) is 6.04. The summed E-state index contributed by atoms with van der Waals surface area (Å²) >= 11 is 0. The molecule has 2 heterocycles. The van der Waals surface area contributed by atoms with Gasteiger partial charge in [0.15, 0.2) is 0 Å². The number of nitrogens with one attached hydrogen (secondary N) is 3. The van der Waals surface area contributed by atoms with Crippen LogP contribution in [0.1, 0.15) is 25.8 Å². The molecule has 1 atom stereocenters. The highest BCUT2D eigenvalue weighted by Gasteiger charge is 2.17. The lowest BCUT2D eigenvalue weighted by Gasteiger charge is -2.34. The summed E-state index contributed by atoms with van der Waals surface area (Å²) in [5.41, 5.74) is 3.80. The second-order valence-electron chi connectivity index (χ2n) is 9.33. The average Bonchev–Trinajstić information content (AvgIpc) is 2.82. The molecule has 0 radical (unpaired) electrons. The molecule has 8 nitrogen and oxygen atoms in total. The molecular formula is C26H35N7O. The Kier molecular flexibility index (Phi) is 7.47. The maximum Gasteiger partial charge on any atom is 0.251 e. The molecule has 3 N–H and O–H groups in total. The van der Waals surface area contributed by atoms with Crippen LogP contribution in [-0.2, 0) is 4.79 Å². The lowest BCUT2D eigenvalue weighted by Crippen LogP contribution is -2.44. The van der Waals surface area contributed by atoms with Crippen molar-refractivity contribution in [1.82, 2.24) is 20.2 Å². The van der Waals surface area contributed by atoms with Crippen molar-refractivity contribution in [2.24, 2.45) is 0 Å². The topological polar surface area (TPSA) is 85.4 Å². The summed E-state index contributed by atoms with van der Waals surface area (Å²) in [5.74, 6) is 1.24. The predicted octanol–water partition coefficient (Wildman–Crippen LogP) is 3.47. The molecule has 4 rings (SSSR count). The number of benzene rings is 1. The standard InChI is InChI=1S/C26H35N7O/c1-18(2)28-25(34)20-6-5-7-22(16-20)29-24-19(3)17-27-26(31-24)30-21-8-10-23(11-9-21)33-14-12-32(4)13-15-33/h5-6,8-11,16-18,22H,7,12-15H2,1-4H3,(H,28,34)(H2,27,29,30,31). The largest absolute Gasteiger partial charge is 0.369 e. The quantitative estimate of drug-likeness (QED) is 0.582. The van der Waals surface area contributed by atoms with Gasteiger partial charge in [0.2, 0.25) is 5.95 Å². The molecule has 34 heavy (non-hydrogen) atoms. The number of carbonyl (C=O) groups is 1. The second kappa shape index (κ2) is 10.7. The number of anilines is 4. The molecule has 2 aromatic rings. The van der Waals surface area contributed by atoms with Gasteiger partial charge in [0.05, 0.1) is 6.04 Å². The Morgan fingerprint density at radius 3 is 2.56 bits per heavy atom. The highest BCUT2D eigenvalue weighted by molar-refractivity contribution is 5.96. The van der Waals surface area contributed by atoms with Gasteiger partial charge < -0.3 is 25.8 Å². The van der Waals surface area contributed by atoms with E-state index in [1.807, 2.05) is 45.2 Å². The summed E-state index contributed by atoms with van der Waals surface area (Å²) in [5, 5.41) is 9.72. The van der Waals surface area contributed by atoms with Gasteiger partial charge in [-0.25, -0.2) is 4.98 Å². The third-order valence-corrected chi connectivity index (χ3v) is 6.04. The number of aryl methyl sites for hydroxylation is 1. The lowest BCUT2D eigenvalue weighted by molar-refractivity contribution is -0.117. The Labute approximate surface area is 202 Å². The van der Waals surface area contributed by atoms with Crippen LogP contribution < -0.4 is 20.9 Å². The first-order valence-corrected chi connectivity index (χ1v) is 12.0. The van der Waals surface area contributed by atoms with E-state index < -0.39 is 0 Å². The fourth-order valence-electron chi connectivity index (χ4n) is 4.05. The van der Waals surface area contributed by atoms with E-state index in [0.717, 1.165) is 49.7 Å². The number of nitrogens with zero attached hydrogens (tertiary/aromatic N) is 4. The van der Waals surface area contributed by atoms with Gasteiger partial charge in [-0.1, -0.05) is 12.2 Å². The highest BCUT2D eigenvalue weighted by atomic mass is 16.1. The Bertz CT molecular complexity index is 1050. The summed E-state index contributed by atoms with van der Waals surface area (Å²) in [6.45, 7) is 10.2. The molecule has 1 aliphatic heterocycles. The highest BCUT2D eigenvalue weighted by Crippen LogP contribution is 2.23. The summed E-state index contributed by atoms with van der Waals surface area (Å²) in [6.07, 6.45) is 8.46. The lowest BCUT2D eigenvalue weighted by atomic mass is 10.0. The normalized spacial score (nSPS) is 18.6. The van der Waals surface area contributed by atoms with E-state index >= 15 is 0 Å². The van der Waals surface area contributed by atoms with E-state index in [1.165, 1.54) is 5.69 Å². The Morgan fingerprint density at radius 1 is 1.12 bits per heavy atom. The van der Waals surface area contributed by atoms with Gasteiger partial charge in [-0.3, -0.25) is 4.79 Å². The summed E-state index contributed by atoms with van der Waals surface area (Å²) in [6, 6.07) is 8.51. The summed E-state index contributed by atoms with van der Waals surface area (Å²) < 4.78 is 0. The molecule has 0 spiro atoms. The van der Waals surface area contributed by atoms with Gasteiger partial charge in [-0.15, -0.1) is 0 Å². The molecule has 1 fully saturated rings. The molecular weight excluding hydrogens is 426 g/mol. The Balaban J connectivity index is 1.41. The first kappa shape index (κ1) is 23.8. The monoisotopic (exact) mass is 461 g/mol. The molecule has 1 aliphatic carbocycles. The van der Waals surface area contributed by atoms with E-state index in [9.17, 15) is 4.79 Å². The predicted molar refractivity (Wildman–Crippen MR) is 139 cm³/mol. The van der Waals surface area contributed by atoms with E-state index in [2.05, 4.69) is 62.0 Å². The minimum Gasteiger partial charge on any atom is -0.369 e. The number of hydrogen-bond donors (Lipinski definition) is 3. The van der Waals surface area contributed by atoms with Gasteiger partial charge in [0.25, 0.3) is 5.91 Å². The molecule has 0 bridgehead atoms. The van der Waals surface area contributed by atoms with Crippen LogP contribution in [0.25, 0.3) is 0 Å². The molecule has 1 amide bonds. The van der Waals surface area contributed by atoms with Crippen molar-refractivity contribution in [3.63, 3.8) is 0 Å². The molecule has 1 unspecified atom stereocenters. The van der Waals surface area contributed by atoms with Crippen molar-refractivity contribution < 1.29 is 4.79 Å². The van der Waals surface area contributed by atoms with Crippen LogP contribution in [0.15, 0.2) is 54.3 Å². The number of likely N-dealkylation sites (N-methyl/N-ethyl adjacent to an activating group) is 1. The minimum absolute atomic E-state index is 0.0118. The van der Waals surface area contributed by atoms with Gasteiger partial charge in [0.1, 0.15) is 5.82 Å². The van der Waals surface area contributed by atoms with Crippen LogP contribution in [-0.4, -0.2) is 66.1 Å². The van der Waals surface area contributed by atoms with Gasteiger partial charge >= 0.3 is 0 Å². The maximum atomic E-state index is 12.4. The first-order valence-electron chi connectivity index (χ1n) is 12.0. The zero-order chi connectivity index (χ0) is 24.1. The second-order valence-corrected chi connectivity index (χ2v) is 9.33. The van der Waals surface area contributed by atoms with Crippen molar-refractivity contribution in [3.8, 4) is 0 Å². The summed E-state index contributed by atoms with van der Waals surface area (Å²) in [4.78, 5) is 26.3. The minimum atomic E-state index is -0.0560. The number of aromatic nitrogens is 2. The number of rotatable bonds is 7. The number of amides is 1. The van der Waals surface area contributed by atoms with Crippen molar-refractivity contribution >= 4 is 29.0 Å². The van der Waals surface area contributed by atoms with Gasteiger partial charge in [-0.2, -0.15) is 4.98 Å². The van der Waals surface area contributed by atoms with E-state index in [-0.39, 0.29) is 18.0 Å². The first-order chi connectivity index (χ1) is 16.4. The van der Waals surface area contributed by atoms with E-state index in [1.54, 1.807) is 0 Å².